The minimum atomic E-state index is -0.537. The Balaban J connectivity index is 2.04. The number of benzene rings is 2. The van der Waals surface area contributed by atoms with Crippen LogP contribution in [0.2, 0.25) is 5.02 Å². The average Bonchev–Trinajstić information content (AvgIpc) is 3.26. The fourth-order valence-corrected chi connectivity index (χ4v) is 4.16. The molecule has 4 aromatic rings. The second-order valence-electron chi connectivity index (χ2n) is 6.54. The lowest BCUT2D eigenvalue weighted by Crippen LogP contribution is -2.20. The molecule has 2 aromatic carbocycles. The first kappa shape index (κ1) is 19.3. The van der Waals surface area contributed by atoms with E-state index in [0.29, 0.717) is 17.1 Å². The highest BCUT2D eigenvalue weighted by atomic mass is 35.5. The highest BCUT2D eigenvalue weighted by molar-refractivity contribution is 7.08. The maximum atomic E-state index is 13.7. The largest absolute Gasteiger partial charge is 0.277 e. The Bertz CT molecular complexity index is 1280. The van der Waals surface area contributed by atoms with Crippen LogP contribution in [0.4, 0.5) is 10.1 Å². The predicted molar refractivity (Wildman–Crippen MR) is 120 cm³/mol. The number of aliphatic imine (C=N–C) groups is 1. The van der Waals surface area contributed by atoms with E-state index >= 15 is 0 Å². The molecule has 0 unspecified atom stereocenters. The van der Waals surface area contributed by atoms with Crippen LogP contribution in [0, 0.1) is 12.7 Å². The van der Waals surface area contributed by atoms with E-state index < -0.39 is 5.82 Å². The van der Waals surface area contributed by atoms with Crippen LogP contribution in [-0.4, -0.2) is 11.3 Å². The normalized spacial score (nSPS) is 10.9. The lowest BCUT2D eigenvalue weighted by molar-refractivity contribution is 0.627. The molecule has 29 heavy (non-hydrogen) atoms. The number of pyridine rings is 1. The van der Waals surface area contributed by atoms with Crippen LogP contribution >= 0.6 is 22.9 Å². The maximum Gasteiger partial charge on any atom is 0.255 e. The van der Waals surface area contributed by atoms with Crippen molar-refractivity contribution in [2.24, 2.45) is 4.99 Å². The summed E-state index contributed by atoms with van der Waals surface area (Å²) in [6.07, 6.45) is 0. The van der Waals surface area contributed by atoms with Gasteiger partial charge in [0.2, 0.25) is 0 Å². The second-order valence-corrected chi connectivity index (χ2v) is 7.73. The SMILES string of the molecule is C=Nc1ccc(-c2ccsc2)cc1-c1c(C)ccc(=O)n1-c1ccc(F)c(Cl)c1. The van der Waals surface area contributed by atoms with Crippen LogP contribution in [0.15, 0.2) is 75.1 Å². The summed E-state index contributed by atoms with van der Waals surface area (Å²) in [4.78, 5) is 17.0. The van der Waals surface area contributed by atoms with Crippen LogP contribution in [0.5, 0.6) is 0 Å². The van der Waals surface area contributed by atoms with Crippen molar-refractivity contribution in [3.8, 4) is 28.1 Å². The van der Waals surface area contributed by atoms with Gasteiger partial charge in [-0.1, -0.05) is 23.7 Å². The van der Waals surface area contributed by atoms with Crippen molar-refractivity contribution in [2.45, 2.75) is 6.92 Å². The van der Waals surface area contributed by atoms with Crippen molar-refractivity contribution in [3.63, 3.8) is 0 Å². The van der Waals surface area contributed by atoms with Gasteiger partial charge in [0.05, 0.1) is 22.1 Å². The Morgan fingerprint density at radius 3 is 2.59 bits per heavy atom. The van der Waals surface area contributed by atoms with Crippen molar-refractivity contribution >= 4 is 35.3 Å². The molecule has 0 aliphatic carbocycles. The first-order chi connectivity index (χ1) is 14.0. The second kappa shape index (κ2) is 7.78. The molecule has 0 atom stereocenters. The fraction of sp³-hybridized carbons (Fsp3) is 0.0435. The van der Waals surface area contributed by atoms with Gasteiger partial charge < -0.3 is 0 Å². The average molecular weight is 423 g/mol. The molecule has 0 aliphatic heterocycles. The third-order valence-corrected chi connectivity index (χ3v) is 5.70. The van der Waals surface area contributed by atoms with E-state index in [4.69, 9.17) is 11.6 Å². The van der Waals surface area contributed by atoms with Crippen molar-refractivity contribution in [1.82, 2.24) is 4.57 Å². The number of aromatic nitrogens is 1. The molecular formula is C23H16ClFN2OS. The van der Waals surface area contributed by atoms with Crippen molar-refractivity contribution in [1.29, 1.82) is 0 Å². The van der Waals surface area contributed by atoms with Crippen molar-refractivity contribution in [3.05, 3.63) is 92.1 Å². The molecular weight excluding hydrogens is 407 g/mol. The molecule has 0 fully saturated rings. The zero-order chi connectivity index (χ0) is 20.5. The lowest BCUT2D eigenvalue weighted by atomic mass is 9.99. The molecule has 144 valence electrons. The standard InChI is InChI=1S/C23H16ClFN2OS/c1-14-3-8-22(28)27(17-5-6-20(25)19(24)12-17)23(14)18-11-15(4-7-21(18)26-2)16-9-10-29-13-16/h3-13H,2H2,1H3. The van der Waals surface area contributed by atoms with Gasteiger partial charge in [-0.2, -0.15) is 11.3 Å². The van der Waals surface area contributed by atoms with E-state index in [0.717, 1.165) is 22.3 Å². The Morgan fingerprint density at radius 2 is 1.90 bits per heavy atom. The number of hydrogen-bond acceptors (Lipinski definition) is 3. The number of aryl methyl sites for hydroxylation is 1. The molecule has 0 amide bonds. The molecule has 0 spiro atoms. The molecule has 0 saturated heterocycles. The molecule has 0 radical (unpaired) electrons. The molecule has 2 aromatic heterocycles. The van der Waals surface area contributed by atoms with Gasteiger partial charge in [0.1, 0.15) is 5.82 Å². The highest BCUT2D eigenvalue weighted by Crippen LogP contribution is 2.37. The number of nitrogens with zero attached hydrogens (tertiary/aromatic N) is 2. The van der Waals surface area contributed by atoms with Crippen LogP contribution in [0.3, 0.4) is 0 Å². The zero-order valence-corrected chi connectivity index (χ0v) is 17.1. The number of thiophene rings is 1. The third-order valence-electron chi connectivity index (χ3n) is 4.73. The first-order valence-corrected chi connectivity index (χ1v) is 10.1. The minimum absolute atomic E-state index is 0.0454. The van der Waals surface area contributed by atoms with Gasteiger partial charge in [-0.15, -0.1) is 0 Å². The molecule has 6 heteroatoms. The van der Waals surface area contributed by atoms with E-state index in [1.807, 2.05) is 36.6 Å². The number of halogens is 2. The molecule has 0 bridgehead atoms. The molecule has 0 N–H and O–H groups in total. The van der Waals surface area contributed by atoms with Crippen LogP contribution in [0.1, 0.15) is 5.56 Å². The Kier molecular flexibility index (Phi) is 5.18. The Hall–Kier alpha value is -3.02. The third kappa shape index (κ3) is 3.55. The summed E-state index contributed by atoms with van der Waals surface area (Å²) in [5.41, 5.74) is 5.28. The van der Waals surface area contributed by atoms with Gasteiger partial charge in [-0.3, -0.25) is 14.4 Å². The summed E-state index contributed by atoms with van der Waals surface area (Å²) in [7, 11) is 0. The fourth-order valence-electron chi connectivity index (χ4n) is 3.32. The van der Waals surface area contributed by atoms with Crippen molar-refractivity contribution < 1.29 is 4.39 Å². The van der Waals surface area contributed by atoms with Gasteiger partial charge in [0.15, 0.2) is 0 Å². The van der Waals surface area contributed by atoms with E-state index in [9.17, 15) is 9.18 Å². The van der Waals surface area contributed by atoms with Gasteiger partial charge >= 0.3 is 0 Å². The smallest absolute Gasteiger partial charge is 0.255 e. The van der Waals surface area contributed by atoms with E-state index in [1.54, 1.807) is 17.4 Å². The first-order valence-electron chi connectivity index (χ1n) is 8.81. The zero-order valence-electron chi connectivity index (χ0n) is 15.5. The van der Waals surface area contributed by atoms with Gasteiger partial charge in [0.25, 0.3) is 5.56 Å². The summed E-state index contributed by atoms with van der Waals surface area (Å²) in [6, 6.07) is 15.4. The number of hydrogen-bond donors (Lipinski definition) is 0. The van der Waals surface area contributed by atoms with E-state index in [1.165, 1.54) is 28.8 Å². The van der Waals surface area contributed by atoms with Crippen LogP contribution in [-0.2, 0) is 0 Å². The monoisotopic (exact) mass is 422 g/mol. The molecule has 3 nitrogen and oxygen atoms in total. The van der Waals surface area contributed by atoms with Crippen LogP contribution in [0.25, 0.3) is 28.1 Å². The minimum Gasteiger partial charge on any atom is -0.277 e. The Morgan fingerprint density at radius 1 is 1.07 bits per heavy atom. The molecule has 0 aliphatic rings. The topological polar surface area (TPSA) is 34.4 Å². The van der Waals surface area contributed by atoms with Gasteiger partial charge in [-0.25, -0.2) is 4.39 Å². The molecule has 2 heterocycles. The van der Waals surface area contributed by atoms with E-state index in [-0.39, 0.29) is 10.6 Å². The summed E-state index contributed by atoms with van der Waals surface area (Å²) in [6.45, 7) is 5.60. The summed E-state index contributed by atoms with van der Waals surface area (Å²) >= 11 is 7.60. The predicted octanol–water partition coefficient (Wildman–Crippen LogP) is 6.67. The Labute approximate surface area is 176 Å². The highest BCUT2D eigenvalue weighted by Gasteiger charge is 2.17. The van der Waals surface area contributed by atoms with Crippen LogP contribution < -0.4 is 5.56 Å². The quantitative estimate of drug-likeness (QED) is 0.338. The van der Waals surface area contributed by atoms with Gasteiger partial charge in [-0.05, 0) is 77.5 Å². The van der Waals surface area contributed by atoms with Gasteiger partial charge in [0, 0.05) is 11.6 Å². The number of rotatable bonds is 4. The summed E-state index contributed by atoms with van der Waals surface area (Å²) in [5.74, 6) is -0.537. The summed E-state index contributed by atoms with van der Waals surface area (Å²) < 4.78 is 15.2. The van der Waals surface area contributed by atoms with E-state index in [2.05, 4.69) is 17.1 Å². The molecule has 0 saturated carbocycles. The van der Waals surface area contributed by atoms with Crippen molar-refractivity contribution in [2.75, 3.05) is 0 Å². The summed E-state index contributed by atoms with van der Waals surface area (Å²) in [5, 5.41) is 4.03. The maximum absolute atomic E-state index is 13.7. The molecule has 4 rings (SSSR count). The lowest BCUT2D eigenvalue weighted by Gasteiger charge is -2.18.